The number of nitriles is 1. The van der Waals surface area contributed by atoms with Crippen molar-refractivity contribution in [2.75, 3.05) is 18.4 Å². The predicted octanol–water partition coefficient (Wildman–Crippen LogP) is 3.71. The zero-order valence-corrected chi connectivity index (χ0v) is 16.7. The van der Waals surface area contributed by atoms with Crippen molar-refractivity contribution in [1.82, 2.24) is 15.1 Å². The van der Waals surface area contributed by atoms with Crippen LogP contribution in [0.25, 0.3) is 11.5 Å². The van der Waals surface area contributed by atoms with E-state index in [1.165, 1.54) is 18.9 Å². The second-order valence-electron chi connectivity index (χ2n) is 7.97. The molecule has 0 bridgehead atoms. The summed E-state index contributed by atoms with van der Waals surface area (Å²) in [6, 6.07) is 4.51. The number of hydrogen-bond acceptors (Lipinski definition) is 7. The number of likely N-dealkylation sites (tertiary alicyclic amines) is 1. The van der Waals surface area contributed by atoms with Crippen LogP contribution in [0.4, 0.5) is 19.2 Å². The minimum Gasteiger partial charge on any atom is -0.404 e. The van der Waals surface area contributed by atoms with Gasteiger partial charge in [-0.1, -0.05) is 5.10 Å². The average Bonchev–Trinajstić information content (AvgIpc) is 3.31. The molecule has 1 aliphatic carbocycles. The van der Waals surface area contributed by atoms with Gasteiger partial charge in [-0.2, -0.15) is 5.26 Å². The molecule has 1 atom stereocenters. The topological polar surface area (TPSA) is 104 Å². The third-order valence-corrected chi connectivity index (χ3v) is 5.80. The monoisotopic (exact) mass is 435 g/mol. The minimum absolute atomic E-state index is 0.000600. The number of carbonyl (C=O) groups excluding carboxylic acids is 1. The maximum atomic E-state index is 12.7. The first-order valence-corrected chi connectivity index (χ1v) is 9.87. The van der Waals surface area contributed by atoms with Crippen molar-refractivity contribution < 1.29 is 27.1 Å². The molecule has 1 aromatic carbocycles. The Hall–Kier alpha value is -3.29. The van der Waals surface area contributed by atoms with Gasteiger partial charge in [-0.15, -0.1) is 18.3 Å². The van der Waals surface area contributed by atoms with Gasteiger partial charge in [0.05, 0.1) is 5.56 Å². The number of rotatable bonds is 5. The highest BCUT2D eigenvalue weighted by Crippen LogP contribution is 2.53. The highest BCUT2D eigenvalue weighted by atomic mass is 19.4. The second kappa shape index (κ2) is 7.76. The lowest BCUT2D eigenvalue weighted by atomic mass is 9.93. The van der Waals surface area contributed by atoms with E-state index in [0.717, 1.165) is 38.1 Å². The van der Waals surface area contributed by atoms with E-state index < -0.39 is 18.2 Å². The van der Waals surface area contributed by atoms with Crippen molar-refractivity contribution in [3.8, 4) is 23.3 Å². The van der Waals surface area contributed by atoms with Crippen LogP contribution in [0.5, 0.6) is 5.75 Å². The maximum Gasteiger partial charge on any atom is 0.573 e. The Morgan fingerprint density at radius 3 is 2.61 bits per heavy atom. The first-order valence-electron chi connectivity index (χ1n) is 9.87. The molecule has 2 heterocycles. The molecule has 4 rings (SSSR count). The number of carbonyl (C=O) groups is 1. The summed E-state index contributed by atoms with van der Waals surface area (Å²) in [7, 11) is 0. The Balaban J connectivity index is 1.41. The second-order valence-corrected chi connectivity index (χ2v) is 7.97. The van der Waals surface area contributed by atoms with E-state index in [2.05, 4.69) is 20.3 Å². The van der Waals surface area contributed by atoms with Crippen LogP contribution in [-0.2, 0) is 4.79 Å². The fourth-order valence-corrected chi connectivity index (χ4v) is 3.76. The van der Waals surface area contributed by atoms with Gasteiger partial charge in [-0.3, -0.25) is 4.79 Å². The van der Waals surface area contributed by atoms with Crippen molar-refractivity contribution >= 4 is 11.9 Å². The van der Waals surface area contributed by atoms with E-state index in [1.807, 2.05) is 4.90 Å². The van der Waals surface area contributed by atoms with E-state index in [4.69, 9.17) is 9.68 Å². The molecule has 1 aliphatic heterocycles. The molecule has 1 N–H and O–H groups in total. The number of ether oxygens (including phenoxy) is 1. The SMILES string of the molecule is C[C@H](Nc1nnc(-c2ccc(OC(F)(F)F)c(C#N)c2)o1)C(=O)N1CCC2(CC1)CC2. The van der Waals surface area contributed by atoms with Gasteiger partial charge in [-0.25, -0.2) is 0 Å². The molecule has 2 aliphatic rings. The molecule has 1 amide bonds. The van der Waals surface area contributed by atoms with Crippen LogP contribution in [0.15, 0.2) is 22.6 Å². The lowest BCUT2D eigenvalue weighted by molar-refractivity contribution is -0.274. The van der Waals surface area contributed by atoms with Crippen LogP contribution in [0, 0.1) is 16.7 Å². The Morgan fingerprint density at radius 1 is 1.29 bits per heavy atom. The fourth-order valence-electron chi connectivity index (χ4n) is 3.76. The number of piperidine rings is 1. The van der Waals surface area contributed by atoms with E-state index in [9.17, 15) is 18.0 Å². The smallest absolute Gasteiger partial charge is 0.404 e. The summed E-state index contributed by atoms with van der Waals surface area (Å²) >= 11 is 0. The molecule has 0 radical (unpaired) electrons. The van der Waals surface area contributed by atoms with Crippen molar-refractivity contribution in [3.05, 3.63) is 23.8 Å². The van der Waals surface area contributed by atoms with Gasteiger partial charge in [0.15, 0.2) is 0 Å². The van der Waals surface area contributed by atoms with E-state index in [-0.39, 0.29) is 28.9 Å². The molecule has 1 saturated carbocycles. The summed E-state index contributed by atoms with van der Waals surface area (Å²) in [6.07, 6.45) is -0.337. The maximum absolute atomic E-state index is 12.7. The lowest BCUT2D eigenvalue weighted by Gasteiger charge is -2.33. The Kier molecular flexibility index (Phi) is 5.24. The summed E-state index contributed by atoms with van der Waals surface area (Å²) in [5.74, 6) is -0.688. The Labute approximate surface area is 176 Å². The van der Waals surface area contributed by atoms with Crippen LogP contribution in [-0.4, -0.2) is 46.5 Å². The third kappa shape index (κ3) is 4.73. The standard InChI is InChI=1S/C20H20F3N5O3/c1-12(17(29)28-8-6-19(4-5-19)7-9-28)25-18-27-26-16(30-18)13-2-3-15(14(10-13)11-24)31-20(21,22)23/h2-3,10,12H,4-9H2,1H3,(H,25,27)/t12-/m0/s1. The van der Waals surface area contributed by atoms with E-state index in [1.54, 1.807) is 13.0 Å². The molecule has 2 fully saturated rings. The lowest BCUT2D eigenvalue weighted by Crippen LogP contribution is -2.45. The number of nitrogens with one attached hydrogen (secondary N) is 1. The molecule has 1 saturated heterocycles. The zero-order valence-electron chi connectivity index (χ0n) is 16.7. The van der Waals surface area contributed by atoms with Gasteiger partial charge < -0.3 is 19.4 Å². The van der Waals surface area contributed by atoms with Crippen LogP contribution in [0.3, 0.4) is 0 Å². The van der Waals surface area contributed by atoms with Crippen molar-refractivity contribution in [2.24, 2.45) is 5.41 Å². The summed E-state index contributed by atoms with van der Waals surface area (Å²) in [5.41, 5.74) is 0.388. The summed E-state index contributed by atoms with van der Waals surface area (Å²) in [6.45, 7) is 3.18. The van der Waals surface area contributed by atoms with Gasteiger partial charge in [-0.05, 0) is 56.2 Å². The van der Waals surface area contributed by atoms with E-state index >= 15 is 0 Å². The number of amides is 1. The Bertz CT molecular complexity index is 1020. The number of aromatic nitrogens is 2. The van der Waals surface area contributed by atoms with E-state index in [0.29, 0.717) is 5.41 Å². The van der Waals surface area contributed by atoms with Gasteiger partial charge in [0.2, 0.25) is 11.8 Å². The largest absolute Gasteiger partial charge is 0.573 e. The molecule has 31 heavy (non-hydrogen) atoms. The first-order chi connectivity index (χ1) is 14.7. The number of nitrogens with zero attached hydrogens (tertiary/aromatic N) is 4. The van der Waals surface area contributed by atoms with Gasteiger partial charge >= 0.3 is 12.4 Å². The number of anilines is 1. The highest BCUT2D eigenvalue weighted by molar-refractivity contribution is 5.83. The summed E-state index contributed by atoms with van der Waals surface area (Å²) in [5, 5.41) is 19.7. The zero-order chi connectivity index (χ0) is 22.2. The van der Waals surface area contributed by atoms with Gasteiger partial charge in [0.25, 0.3) is 0 Å². The van der Waals surface area contributed by atoms with Crippen LogP contribution in [0.1, 0.15) is 38.2 Å². The number of alkyl halides is 3. The average molecular weight is 435 g/mol. The summed E-state index contributed by atoms with van der Waals surface area (Å²) < 4.78 is 46.6. The third-order valence-electron chi connectivity index (χ3n) is 5.80. The molecule has 2 aromatic rings. The number of halogens is 3. The highest BCUT2D eigenvalue weighted by Gasteiger charge is 2.45. The molecule has 11 heteroatoms. The van der Waals surface area contributed by atoms with Crippen molar-refractivity contribution in [1.29, 1.82) is 5.26 Å². The Morgan fingerprint density at radius 2 is 2.00 bits per heavy atom. The normalized spacial score (nSPS) is 18.4. The number of benzene rings is 1. The molecule has 0 unspecified atom stereocenters. The molecule has 1 spiro atoms. The first kappa shape index (κ1) is 21.0. The molecular weight excluding hydrogens is 415 g/mol. The van der Waals surface area contributed by atoms with Gasteiger partial charge in [0, 0.05) is 18.7 Å². The fraction of sp³-hybridized carbons (Fsp3) is 0.500. The van der Waals surface area contributed by atoms with Crippen molar-refractivity contribution in [3.63, 3.8) is 0 Å². The van der Waals surface area contributed by atoms with Crippen LogP contribution >= 0.6 is 0 Å². The minimum atomic E-state index is -4.91. The molecule has 1 aromatic heterocycles. The molecular formula is C20H20F3N5O3. The molecule has 8 nitrogen and oxygen atoms in total. The summed E-state index contributed by atoms with van der Waals surface area (Å²) in [4.78, 5) is 14.5. The quantitative estimate of drug-likeness (QED) is 0.763. The van der Waals surface area contributed by atoms with Crippen molar-refractivity contribution in [2.45, 2.75) is 45.0 Å². The van der Waals surface area contributed by atoms with Crippen LogP contribution in [0.2, 0.25) is 0 Å². The molecule has 164 valence electrons. The van der Waals surface area contributed by atoms with Crippen LogP contribution < -0.4 is 10.1 Å². The van der Waals surface area contributed by atoms with Gasteiger partial charge in [0.1, 0.15) is 17.9 Å². The predicted molar refractivity (Wildman–Crippen MR) is 102 cm³/mol. The number of hydrogen-bond donors (Lipinski definition) is 1.